The molecule has 310 valence electrons. The van der Waals surface area contributed by atoms with Gasteiger partial charge in [-0.25, -0.2) is 18.4 Å². The molecule has 0 aliphatic carbocycles. The normalized spacial score (nSPS) is 25.6. The minimum absolute atomic E-state index is 0.00215. The number of benzene rings is 2. The summed E-state index contributed by atoms with van der Waals surface area (Å²) in [6, 6.07) is -0.761. The van der Waals surface area contributed by atoms with E-state index in [-0.39, 0.29) is 50.5 Å². The number of cyclic esters (lactones) is 1. The highest BCUT2D eigenvalue weighted by atomic mass is 19.1. The highest BCUT2D eigenvalue weighted by molar-refractivity contribution is 5.98. The van der Waals surface area contributed by atoms with Crippen LogP contribution in [0.2, 0.25) is 0 Å². The van der Waals surface area contributed by atoms with Gasteiger partial charge in [0.25, 0.3) is 0 Å². The Morgan fingerprint density at radius 2 is 1.43 bits per heavy atom. The van der Waals surface area contributed by atoms with Crippen molar-refractivity contribution in [1.82, 2.24) is 30.7 Å². The summed E-state index contributed by atoms with van der Waals surface area (Å²) in [5.41, 5.74) is 0.270. The van der Waals surface area contributed by atoms with Crippen LogP contribution in [0.3, 0.4) is 0 Å². The number of anilines is 1. The number of hydrogen-bond acceptors (Lipinski definition) is 10. The van der Waals surface area contributed by atoms with Crippen molar-refractivity contribution in [1.29, 1.82) is 0 Å². The fourth-order valence-electron chi connectivity index (χ4n) is 8.22. The molecule has 6 atom stereocenters. The monoisotopic (exact) mass is 809 g/mol. The van der Waals surface area contributed by atoms with Gasteiger partial charge in [-0.2, -0.15) is 0 Å². The second kappa shape index (κ2) is 17.2. The van der Waals surface area contributed by atoms with Gasteiger partial charge in [-0.1, -0.05) is 0 Å². The maximum absolute atomic E-state index is 14.5. The predicted molar refractivity (Wildman–Crippen MR) is 198 cm³/mol. The lowest BCUT2D eigenvalue weighted by molar-refractivity contribution is -0.158. The molecule has 7 amide bonds. The summed E-state index contributed by atoms with van der Waals surface area (Å²) in [5.74, 6) is -5.11. The molecule has 0 bridgehead atoms. The number of carbonyl (C=O) groups is 7. The van der Waals surface area contributed by atoms with E-state index in [1.807, 2.05) is 0 Å². The average Bonchev–Trinajstić information content (AvgIpc) is 3.99. The van der Waals surface area contributed by atoms with Crippen LogP contribution in [0, 0.1) is 11.6 Å². The highest BCUT2D eigenvalue weighted by Gasteiger charge is 2.45. The fourth-order valence-corrected chi connectivity index (χ4v) is 8.22. The van der Waals surface area contributed by atoms with Gasteiger partial charge in [-0.3, -0.25) is 24.0 Å². The van der Waals surface area contributed by atoms with Crippen molar-refractivity contribution in [3.8, 4) is 11.5 Å². The Morgan fingerprint density at radius 1 is 0.776 bits per heavy atom. The van der Waals surface area contributed by atoms with Crippen molar-refractivity contribution >= 4 is 47.2 Å². The van der Waals surface area contributed by atoms with Crippen molar-refractivity contribution in [3.63, 3.8) is 0 Å². The van der Waals surface area contributed by atoms with Gasteiger partial charge in [-0.05, 0) is 81.7 Å². The van der Waals surface area contributed by atoms with Gasteiger partial charge < -0.3 is 50.2 Å². The number of esters is 1. The van der Waals surface area contributed by atoms with Crippen molar-refractivity contribution < 1.29 is 56.6 Å². The number of hydrogen-bond donors (Lipinski definition) is 4. The van der Waals surface area contributed by atoms with Crippen molar-refractivity contribution in [3.05, 3.63) is 53.6 Å². The van der Waals surface area contributed by atoms with E-state index >= 15 is 0 Å². The SMILES string of the molecule is C[C@@H]1NC(=O)[C@@H]2CCCCN2C(=O)[C@@H]2CCCN2C(=O)[C@@H](NC(=O)[C@H](Cc2cc(F)cc(F)c2)NC(=O)Nc2ccc3c(c2)OCO3)COC(=O)[C@@H]2CCCN2C1=O. The Morgan fingerprint density at radius 3 is 2.19 bits per heavy atom. The van der Waals surface area contributed by atoms with E-state index in [1.54, 1.807) is 6.07 Å². The Hall–Kier alpha value is -6.01. The number of nitrogens with zero attached hydrogens (tertiary/aromatic N) is 3. The predicted octanol–water partition coefficient (Wildman–Crippen LogP) is 1.34. The van der Waals surface area contributed by atoms with Gasteiger partial charge in [0.2, 0.25) is 36.3 Å². The molecule has 4 N–H and O–H groups in total. The molecule has 58 heavy (non-hydrogen) atoms. The maximum Gasteiger partial charge on any atom is 0.328 e. The maximum atomic E-state index is 14.5. The van der Waals surface area contributed by atoms with E-state index in [1.165, 1.54) is 33.8 Å². The standard InChI is InChI=1S/C39H45F2N7O10/c1-21-35(51)48-13-5-8-30(48)38(54)56-19-27(36(52)47-12-4-7-29(47)37(53)46-11-3-2-6-28(46)34(50)42-21)44-33(49)26(16-22-14-23(40)17-24(41)15-22)45-39(55)43-25-9-10-31-32(18-25)58-20-57-31/h9-10,14-15,17-18,21,26-30H,2-8,11-13,16,19-20H2,1H3,(H,42,50)(H,44,49)(H2,43,45,55)/t21-,26-,27-,28-,29-,30-/m0/s1. The van der Waals surface area contributed by atoms with Crippen LogP contribution in [0.4, 0.5) is 19.3 Å². The first-order valence-electron chi connectivity index (χ1n) is 19.5. The number of nitrogens with one attached hydrogen (secondary N) is 4. The van der Waals surface area contributed by atoms with E-state index in [0.29, 0.717) is 49.7 Å². The average molecular weight is 810 g/mol. The van der Waals surface area contributed by atoms with E-state index < -0.39 is 102 Å². The lowest BCUT2D eigenvalue weighted by Gasteiger charge is -2.39. The zero-order valence-corrected chi connectivity index (χ0v) is 31.8. The van der Waals surface area contributed by atoms with Gasteiger partial charge in [0, 0.05) is 43.9 Å². The second-order valence-electron chi connectivity index (χ2n) is 15.0. The molecule has 4 fully saturated rings. The molecule has 4 saturated heterocycles. The number of ether oxygens (including phenoxy) is 3. The van der Waals surface area contributed by atoms with Crippen LogP contribution >= 0.6 is 0 Å². The lowest BCUT2D eigenvalue weighted by atomic mass is 9.99. The zero-order valence-electron chi connectivity index (χ0n) is 31.8. The van der Waals surface area contributed by atoms with Crippen molar-refractivity contribution in [2.24, 2.45) is 0 Å². The highest BCUT2D eigenvalue weighted by Crippen LogP contribution is 2.34. The third kappa shape index (κ3) is 8.77. The molecular weight excluding hydrogens is 764 g/mol. The topological polar surface area (TPSA) is 205 Å². The number of fused-ring (bicyclic) bond motifs is 4. The third-order valence-corrected chi connectivity index (χ3v) is 11.1. The molecule has 5 aliphatic heterocycles. The Kier molecular flexibility index (Phi) is 11.9. The molecule has 0 aromatic heterocycles. The smallest absolute Gasteiger partial charge is 0.328 e. The third-order valence-electron chi connectivity index (χ3n) is 11.1. The first kappa shape index (κ1) is 40.2. The number of halogens is 2. The summed E-state index contributed by atoms with van der Waals surface area (Å²) in [7, 11) is 0. The first-order chi connectivity index (χ1) is 27.9. The van der Waals surface area contributed by atoms with Crippen LogP contribution < -0.4 is 30.7 Å². The summed E-state index contributed by atoms with van der Waals surface area (Å²) in [6.07, 6.45) is 2.61. The number of urea groups is 1. The number of carbonyl (C=O) groups excluding carboxylic acids is 7. The summed E-state index contributed by atoms with van der Waals surface area (Å²) in [6.45, 7) is 1.38. The minimum atomic E-state index is -1.60. The molecule has 17 nitrogen and oxygen atoms in total. The van der Waals surface area contributed by atoms with Crippen LogP contribution in [0.25, 0.3) is 0 Å². The molecule has 0 spiro atoms. The molecule has 2 aromatic carbocycles. The number of piperidine rings is 1. The van der Waals surface area contributed by atoms with E-state index in [2.05, 4.69) is 21.3 Å². The largest absolute Gasteiger partial charge is 0.461 e. The Bertz CT molecular complexity index is 1970. The van der Waals surface area contributed by atoms with Gasteiger partial charge >= 0.3 is 12.0 Å². The summed E-state index contributed by atoms with van der Waals surface area (Å²) >= 11 is 0. The molecule has 0 radical (unpaired) electrons. The van der Waals surface area contributed by atoms with E-state index in [0.717, 1.165) is 12.1 Å². The molecule has 5 aliphatic rings. The molecule has 2 aromatic rings. The van der Waals surface area contributed by atoms with Crippen LogP contribution in [0.5, 0.6) is 11.5 Å². The van der Waals surface area contributed by atoms with Crippen LogP contribution in [-0.4, -0.2) is 126 Å². The van der Waals surface area contributed by atoms with Crippen molar-refractivity contribution in [2.75, 3.05) is 38.4 Å². The number of amides is 7. The van der Waals surface area contributed by atoms with Gasteiger partial charge in [-0.15, -0.1) is 0 Å². The van der Waals surface area contributed by atoms with Crippen LogP contribution in [0.15, 0.2) is 36.4 Å². The lowest BCUT2D eigenvalue weighted by Crippen LogP contribution is -2.62. The molecule has 0 saturated carbocycles. The first-order valence-corrected chi connectivity index (χ1v) is 19.5. The van der Waals surface area contributed by atoms with Crippen molar-refractivity contribution in [2.45, 2.75) is 94.5 Å². The van der Waals surface area contributed by atoms with Crippen LogP contribution in [0.1, 0.15) is 57.4 Å². The molecular formula is C39H45F2N7O10. The zero-order chi connectivity index (χ0) is 41.1. The second-order valence-corrected chi connectivity index (χ2v) is 15.0. The van der Waals surface area contributed by atoms with Gasteiger partial charge in [0.15, 0.2) is 11.5 Å². The summed E-state index contributed by atoms with van der Waals surface area (Å²) in [4.78, 5) is 101. The quantitative estimate of drug-likeness (QED) is 0.309. The summed E-state index contributed by atoms with van der Waals surface area (Å²) < 4.78 is 44.9. The summed E-state index contributed by atoms with van der Waals surface area (Å²) in [5, 5.41) is 10.4. The van der Waals surface area contributed by atoms with E-state index in [9.17, 15) is 42.3 Å². The van der Waals surface area contributed by atoms with E-state index in [4.69, 9.17) is 14.2 Å². The Labute approximate surface area is 332 Å². The molecule has 5 heterocycles. The van der Waals surface area contributed by atoms with Crippen LogP contribution in [-0.2, 0) is 39.9 Å². The fraction of sp³-hybridized carbons (Fsp3) is 0.513. The van der Waals surface area contributed by atoms with Gasteiger partial charge in [0.1, 0.15) is 54.5 Å². The number of rotatable bonds is 6. The molecule has 0 unspecified atom stereocenters. The minimum Gasteiger partial charge on any atom is -0.461 e. The Balaban J connectivity index is 1.17. The molecule has 19 heteroatoms. The van der Waals surface area contributed by atoms with Gasteiger partial charge in [0.05, 0.1) is 0 Å². The molecule has 7 rings (SSSR count).